The highest BCUT2D eigenvalue weighted by Gasteiger charge is 2.19. The maximum Gasteiger partial charge on any atom is 0.276 e. The molecule has 3 rings (SSSR count). The monoisotopic (exact) mass is 384 g/mol. The molecular weight excluding hydrogens is 364 g/mol. The molecule has 0 radical (unpaired) electrons. The average Bonchev–Trinajstić information content (AvgIpc) is 2.64. The topological polar surface area (TPSA) is 67.2 Å². The second-order valence-corrected chi connectivity index (χ2v) is 6.81. The third kappa shape index (κ3) is 3.66. The number of amides is 1. The van der Waals surface area contributed by atoms with Crippen LogP contribution in [0.2, 0.25) is 5.02 Å². The van der Waals surface area contributed by atoms with Crippen molar-refractivity contribution in [2.75, 3.05) is 24.3 Å². The first-order chi connectivity index (χ1) is 12.9. The SMILES string of the molecule is CCCn1nc(C(=O)Nc2cccc(Cl)c2N(C)C)c2ccccc2c1=O. The van der Waals surface area contributed by atoms with Crippen LogP contribution in [0.5, 0.6) is 0 Å². The summed E-state index contributed by atoms with van der Waals surface area (Å²) in [5.41, 5.74) is 1.30. The van der Waals surface area contributed by atoms with Crippen LogP contribution in [0, 0.1) is 0 Å². The Morgan fingerprint density at radius 1 is 1.15 bits per heavy atom. The van der Waals surface area contributed by atoms with Gasteiger partial charge in [-0.15, -0.1) is 0 Å². The lowest BCUT2D eigenvalue weighted by Gasteiger charge is -2.19. The number of benzene rings is 2. The van der Waals surface area contributed by atoms with E-state index in [-0.39, 0.29) is 17.2 Å². The van der Waals surface area contributed by atoms with Crippen molar-refractivity contribution >= 4 is 39.7 Å². The number of hydrogen-bond acceptors (Lipinski definition) is 4. The molecule has 1 N–H and O–H groups in total. The van der Waals surface area contributed by atoms with E-state index in [0.717, 1.165) is 6.42 Å². The highest BCUT2D eigenvalue weighted by atomic mass is 35.5. The van der Waals surface area contributed by atoms with Crippen LogP contribution in [-0.4, -0.2) is 29.8 Å². The Morgan fingerprint density at radius 3 is 2.52 bits per heavy atom. The molecule has 0 spiro atoms. The molecule has 0 saturated heterocycles. The molecule has 27 heavy (non-hydrogen) atoms. The summed E-state index contributed by atoms with van der Waals surface area (Å²) in [5.74, 6) is -0.388. The van der Waals surface area contributed by atoms with Gasteiger partial charge in [0.2, 0.25) is 0 Å². The number of hydrogen-bond donors (Lipinski definition) is 1. The fourth-order valence-corrected chi connectivity index (χ4v) is 3.36. The number of carbonyl (C=O) groups is 1. The number of aromatic nitrogens is 2. The quantitative estimate of drug-likeness (QED) is 0.727. The minimum Gasteiger partial charge on any atom is -0.375 e. The number of rotatable bonds is 5. The molecule has 0 atom stereocenters. The minimum absolute atomic E-state index is 0.194. The van der Waals surface area contributed by atoms with Crippen LogP contribution in [0.15, 0.2) is 47.3 Å². The molecule has 140 valence electrons. The lowest BCUT2D eigenvalue weighted by molar-refractivity contribution is 0.102. The van der Waals surface area contributed by atoms with E-state index in [0.29, 0.717) is 33.7 Å². The Balaban J connectivity index is 2.11. The van der Waals surface area contributed by atoms with Gasteiger partial charge in [0, 0.05) is 26.0 Å². The van der Waals surface area contributed by atoms with Gasteiger partial charge in [0.25, 0.3) is 11.5 Å². The number of anilines is 2. The highest BCUT2D eigenvalue weighted by molar-refractivity contribution is 6.34. The smallest absolute Gasteiger partial charge is 0.276 e. The van der Waals surface area contributed by atoms with Crippen LogP contribution in [0.3, 0.4) is 0 Å². The Hall–Kier alpha value is -2.86. The Morgan fingerprint density at radius 2 is 1.85 bits per heavy atom. The number of para-hydroxylation sites is 1. The fourth-order valence-electron chi connectivity index (χ4n) is 3.02. The van der Waals surface area contributed by atoms with Crippen molar-refractivity contribution < 1.29 is 4.79 Å². The predicted octanol–water partition coefficient (Wildman–Crippen LogP) is 3.78. The van der Waals surface area contributed by atoms with E-state index >= 15 is 0 Å². The first-order valence-corrected chi connectivity index (χ1v) is 9.09. The van der Waals surface area contributed by atoms with Gasteiger partial charge in [-0.3, -0.25) is 9.59 Å². The van der Waals surface area contributed by atoms with E-state index in [1.807, 2.05) is 25.9 Å². The standard InChI is InChI=1S/C20H21ClN4O2/c1-4-12-25-20(27)14-9-6-5-8-13(14)17(23-25)19(26)22-16-11-7-10-15(21)18(16)24(2)3/h5-11H,4,12H2,1-3H3,(H,22,26). The molecule has 3 aromatic rings. The number of halogens is 1. The lowest BCUT2D eigenvalue weighted by Crippen LogP contribution is -2.28. The van der Waals surface area contributed by atoms with Crippen LogP contribution >= 0.6 is 11.6 Å². The van der Waals surface area contributed by atoms with Crippen molar-refractivity contribution in [3.05, 3.63) is 63.5 Å². The van der Waals surface area contributed by atoms with E-state index in [2.05, 4.69) is 10.4 Å². The summed E-state index contributed by atoms with van der Waals surface area (Å²) in [7, 11) is 3.71. The molecule has 1 amide bonds. The van der Waals surface area contributed by atoms with Gasteiger partial charge in [-0.2, -0.15) is 5.10 Å². The summed E-state index contributed by atoms with van der Waals surface area (Å²) in [4.78, 5) is 27.5. The van der Waals surface area contributed by atoms with Crippen molar-refractivity contribution in [3.63, 3.8) is 0 Å². The summed E-state index contributed by atoms with van der Waals surface area (Å²) < 4.78 is 1.35. The molecule has 0 aliphatic heterocycles. The van der Waals surface area contributed by atoms with E-state index in [4.69, 9.17) is 11.6 Å². The third-order valence-electron chi connectivity index (χ3n) is 4.20. The van der Waals surface area contributed by atoms with E-state index < -0.39 is 0 Å². The van der Waals surface area contributed by atoms with Crippen molar-refractivity contribution in [2.24, 2.45) is 0 Å². The molecule has 0 bridgehead atoms. The summed E-state index contributed by atoms with van der Waals surface area (Å²) in [6.45, 7) is 2.41. The zero-order chi connectivity index (χ0) is 19.6. The summed E-state index contributed by atoms with van der Waals surface area (Å²) >= 11 is 6.28. The molecule has 6 nitrogen and oxygen atoms in total. The number of carbonyl (C=O) groups excluding carboxylic acids is 1. The van der Waals surface area contributed by atoms with Gasteiger partial charge in [0.05, 0.1) is 21.8 Å². The second-order valence-electron chi connectivity index (χ2n) is 6.41. The molecular formula is C20H21ClN4O2. The molecule has 0 saturated carbocycles. The maximum atomic E-state index is 13.0. The fraction of sp³-hybridized carbons (Fsp3) is 0.250. The van der Waals surface area contributed by atoms with Gasteiger partial charge < -0.3 is 10.2 Å². The molecule has 0 unspecified atom stereocenters. The summed E-state index contributed by atoms with van der Waals surface area (Å²) in [5, 5.41) is 8.75. The van der Waals surface area contributed by atoms with E-state index in [9.17, 15) is 9.59 Å². The number of nitrogens with one attached hydrogen (secondary N) is 1. The largest absolute Gasteiger partial charge is 0.375 e. The molecule has 2 aromatic carbocycles. The number of nitrogens with zero attached hydrogens (tertiary/aromatic N) is 3. The molecule has 1 heterocycles. The minimum atomic E-state index is -0.388. The maximum absolute atomic E-state index is 13.0. The molecule has 0 aliphatic carbocycles. The zero-order valence-electron chi connectivity index (χ0n) is 15.5. The van der Waals surface area contributed by atoms with Crippen LogP contribution < -0.4 is 15.8 Å². The zero-order valence-corrected chi connectivity index (χ0v) is 16.2. The lowest BCUT2D eigenvalue weighted by atomic mass is 10.1. The predicted molar refractivity (Wildman–Crippen MR) is 110 cm³/mol. The normalized spacial score (nSPS) is 10.8. The van der Waals surface area contributed by atoms with Crippen LogP contribution in [0.4, 0.5) is 11.4 Å². The molecule has 1 aromatic heterocycles. The van der Waals surface area contributed by atoms with E-state index in [1.54, 1.807) is 42.5 Å². The van der Waals surface area contributed by atoms with Gasteiger partial charge in [0.1, 0.15) is 0 Å². The van der Waals surface area contributed by atoms with E-state index in [1.165, 1.54) is 4.68 Å². The number of fused-ring (bicyclic) bond motifs is 1. The van der Waals surface area contributed by atoms with Crippen LogP contribution in [0.25, 0.3) is 10.8 Å². The Kier molecular flexibility index (Phi) is 5.46. The molecule has 0 aliphatic rings. The van der Waals surface area contributed by atoms with Crippen molar-refractivity contribution in [3.8, 4) is 0 Å². The molecule has 7 heteroatoms. The second kappa shape index (κ2) is 7.80. The van der Waals surface area contributed by atoms with Crippen LogP contribution in [0.1, 0.15) is 23.8 Å². The van der Waals surface area contributed by atoms with Gasteiger partial charge in [0.15, 0.2) is 5.69 Å². The first kappa shape index (κ1) is 18.9. The highest BCUT2D eigenvalue weighted by Crippen LogP contribution is 2.32. The Bertz CT molecular complexity index is 1060. The summed E-state index contributed by atoms with van der Waals surface area (Å²) in [6, 6.07) is 12.3. The third-order valence-corrected chi connectivity index (χ3v) is 4.51. The summed E-state index contributed by atoms with van der Waals surface area (Å²) in [6.07, 6.45) is 0.741. The van der Waals surface area contributed by atoms with Crippen LogP contribution in [-0.2, 0) is 6.54 Å². The van der Waals surface area contributed by atoms with Crippen molar-refractivity contribution in [1.82, 2.24) is 9.78 Å². The van der Waals surface area contributed by atoms with Crippen molar-refractivity contribution in [1.29, 1.82) is 0 Å². The molecule has 0 fully saturated rings. The van der Waals surface area contributed by atoms with Crippen molar-refractivity contribution in [2.45, 2.75) is 19.9 Å². The average molecular weight is 385 g/mol. The van der Waals surface area contributed by atoms with Gasteiger partial charge in [-0.05, 0) is 24.6 Å². The van der Waals surface area contributed by atoms with Gasteiger partial charge in [-0.1, -0.05) is 42.8 Å². The van der Waals surface area contributed by atoms with Gasteiger partial charge in [-0.25, -0.2) is 4.68 Å². The van der Waals surface area contributed by atoms with Gasteiger partial charge >= 0.3 is 0 Å². The first-order valence-electron chi connectivity index (χ1n) is 8.71. The number of aryl methyl sites for hydroxylation is 1. The Labute approximate surface area is 162 Å².